The summed E-state index contributed by atoms with van der Waals surface area (Å²) in [7, 11) is 0. The van der Waals surface area contributed by atoms with Crippen LogP contribution >= 0.6 is 11.6 Å². The Labute approximate surface area is 128 Å². The third kappa shape index (κ3) is 3.95. The molecule has 0 bridgehead atoms. The van der Waals surface area contributed by atoms with Crippen LogP contribution in [-0.4, -0.2) is 4.92 Å². The van der Waals surface area contributed by atoms with Gasteiger partial charge in [-0.3, -0.25) is 10.1 Å². The standard InChI is InChI=1S/C16H17ClN2O2/c1-11(2)13-5-3-12(4-6-13)10-18-16-8-7-14(19(20)21)9-15(16)17/h3-9,11,18H,10H2,1-2H3. The zero-order valence-corrected chi connectivity index (χ0v) is 12.7. The van der Waals surface area contributed by atoms with E-state index in [0.29, 0.717) is 23.2 Å². The zero-order chi connectivity index (χ0) is 15.4. The largest absolute Gasteiger partial charge is 0.380 e. The van der Waals surface area contributed by atoms with Gasteiger partial charge in [-0.15, -0.1) is 0 Å². The summed E-state index contributed by atoms with van der Waals surface area (Å²) in [6.45, 7) is 4.93. The van der Waals surface area contributed by atoms with Gasteiger partial charge in [0, 0.05) is 18.7 Å². The molecule has 21 heavy (non-hydrogen) atoms. The normalized spacial score (nSPS) is 10.7. The molecule has 0 aliphatic heterocycles. The Morgan fingerprint density at radius 2 is 1.86 bits per heavy atom. The maximum absolute atomic E-state index is 10.7. The summed E-state index contributed by atoms with van der Waals surface area (Å²) in [6.07, 6.45) is 0. The van der Waals surface area contributed by atoms with Crippen molar-refractivity contribution in [2.75, 3.05) is 5.32 Å². The highest BCUT2D eigenvalue weighted by atomic mass is 35.5. The lowest BCUT2D eigenvalue weighted by atomic mass is 10.0. The molecule has 0 radical (unpaired) electrons. The molecule has 5 heteroatoms. The highest BCUT2D eigenvalue weighted by Crippen LogP contribution is 2.27. The number of nitro benzene ring substituents is 1. The molecule has 0 amide bonds. The monoisotopic (exact) mass is 304 g/mol. The fraction of sp³-hybridized carbons (Fsp3) is 0.250. The minimum atomic E-state index is -0.458. The van der Waals surface area contributed by atoms with E-state index in [9.17, 15) is 10.1 Å². The summed E-state index contributed by atoms with van der Waals surface area (Å²) in [5.74, 6) is 0.510. The first-order chi connectivity index (χ1) is 9.97. The van der Waals surface area contributed by atoms with Crippen LogP contribution in [0.25, 0.3) is 0 Å². The number of halogens is 1. The molecule has 2 aromatic rings. The summed E-state index contributed by atoms with van der Waals surface area (Å²) in [4.78, 5) is 10.2. The van der Waals surface area contributed by atoms with Crippen LogP contribution in [0.1, 0.15) is 30.9 Å². The van der Waals surface area contributed by atoms with Crippen molar-refractivity contribution < 1.29 is 4.92 Å². The first-order valence-electron chi connectivity index (χ1n) is 6.74. The number of nitrogens with zero attached hydrogens (tertiary/aromatic N) is 1. The van der Waals surface area contributed by atoms with Crippen molar-refractivity contribution in [1.82, 2.24) is 0 Å². The third-order valence-corrected chi connectivity index (χ3v) is 3.61. The fourth-order valence-corrected chi connectivity index (χ4v) is 2.22. The lowest BCUT2D eigenvalue weighted by molar-refractivity contribution is -0.384. The summed E-state index contributed by atoms with van der Waals surface area (Å²) >= 11 is 6.04. The average Bonchev–Trinajstić information content (AvgIpc) is 2.46. The molecule has 0 unspecified atom stereocenters. The van der Waals surface area contributed by atoms with Gasteiger partial charge < -0.3 is 5.32 Å². The summed E-state index contributed by atoms with van der Waals surface area (Å²) in [5.41, 5.74) is 3.11. The number of anilines is 1. The second-order valence-corrected chi connectivity index (χ2v) is 5.58. The van der Waals surface area contributed by atoms with E-state index in [1.165, 1.54) is 17.7 Å². The highest BCUT2D eigenvalue weighted by Gasteiger charge is 2.09. The van der Waals surface area contributed by atoms with Crippen LogP contribution in [0, 0.1) is 10.1 Å². The molecule has 1 N–H and O–H groups in total. The van der Waals surface area contributed by atoms with Gasteiger partial charge in [-0.2, -0.15) is 0 Å². The van der Waals surface area contributed by atoms with Crippen LogP contribution in [-0.2, 0) is 6.54 Å². The number of benzene rings is 2. The Kier molecular flexibility index (Phi) is 4.81. The summed E-state index contributed by atoms with van der Waals surface area (Å²) in [6, 6.07) is 12.8. The topological polar surface area (TPSA) is 55.2 Å². The molecule has 2 rings (SSSR count). The van der Waals surface area contributed by atoms with E-state index < -0.39 is 4.92 Å². The van der Waals surface area contributed by atoms with Crippen LogP contribution in [0.5, 0.6) is 0 Å². The number of hydrogen-bond donors (Lipinski definition) is 1. The Bertz CT molecular complexity index is 639. The Morgan fingerprint density at radius 3 is 2.38 bits per heavy atom. The molecular weight excluding hydrogens is 288 g/mol. The van der Waals surface area contributed by atoms with Crippen LogP contribution in [0.2, 0.25) is 5.02 Å². The van der Waals surface area contributed by atoms with Crippen LogP contribution in [0.15, 0.2) is 42.5 Å². The Morgan fingerprint density at radius 1 is 1.19 bits per heavy atom. The predicted octanol–water partition coefficient (Wildman–Crippen LogP) is 4.98. The molecule has 0 saturated heterocycles. The SMILES string of the molecule is CC(C)c1ccc(CNc2ccc([N+](=O)[O-])cc2Cl)cc1. The maximum atomic E-state index is 10.7. The van der Waals surface area contributed by atoms with Crippen molar-refractivity contribution in [1.29, 1.82) is 0 Å². The van der Waals surface area contributed by atoms with Gasteiger partial charge in [-0.25, -0.2) is 0 Å². The van der Waals surface area contributed by atoms with Gasteiger partial charge in [0.2, 0.25) is 0 Å². The van der Waals surface area contributed by atoms with E-state index >= 15 is 0 Å². The van der Waals surface area contributed by atoms with E-state index in [0.717, 1.165) is 5.56 Å². The van der Waals surface area contributed by atoms with E-state index in [2.05, 4.69) is 43.4 Å². The molecular formula is C16H17ClN2O2. The summed E-state index contributed by atoms with van der Waals surface area (Å²) in [5, 5.41) is 14.2. The number of nitrogens with one attached hydrogen (secondary N) is 1. The minimum absolute atomic E-state index is 0.00756. The lowest BCUT2D eigenvalue weighted by Crippen LogP contribution is -2.01. The third-order valence-electron chi connectivity index (χ3n) is 3.29. The summed E-state index contributed by atoms with van der Waals surface area (Å²) < 4.78 is 0. The maximum Gasteiger partial charge on any atom is 0.271 e. The Hall–Kier alpha value is -2.07. The van der Waals surface area contributed by atoms with Crippen LogP contribution < -0.4 is 5.32 Å². The number of nitro groups is 1. The van der Waals surface area contributed by atoms with Gasteiger partial charge in [-0.1, -0.05) is 49.7 Å². The minimum Gasteiger partial charge on any atom is -0.380 e. The van der Waals surface area contributed by atoms with Crippen molar-refractivity contribution in [2.24, 2.45) is 0 Å². The first kappa shape index (κ1) is 15.3. The van der Waals surface area contributed by atoms with Gasteiger partial charge in [0.05, 0.1) is 15.6 Å². The van der Waals surface area contributed by atoms with Gasteiger partial charge >= 0.3 is 0 Å². The molecule has 0 spiro atoms. The van der Waals surface area contributed by atoms with E-state index in [4.69, 9.17) is 11.6 Å². The second-order valence-electron chi connectivity index (χ2n) is 5.17. The Balaban J connectivity index is 2.04. The molecule has 2 aromatic carbocycles. The predicted molar refractivity (Wildman–Crippen MR) is 86.0 cm³/mol. The molecule has 0 fully saturated rings. The fourth-order valence-electron chi connectivity index (χ4n) is 1.98. The van der Waals surface area contributed by atoms with Crippen molar-refractivity contribution >= 4 is 23.0 Å². The molecule has 0 aliphatic carbocycles. The van der Waals surface area contributed by atoms with Crippen molar-refractivity contribution in [2.45, 2.75) is 26.3 Å². The molecule has 0 aliphatic rings. The second kappa shape index (κ2) is 6.59. The van der Waals surface area contributed by atoms with Crippen LogP contribution in [0.4, 0.5) is 11.4 Å². The molecule has 4 nitrogen and oxygen atoms in total. The number of non-ortho nitro benzene ring substituents is 1. The van der Waals surface area contributed by atoms with Crippen molar-refractivity contribution in [3.63, 3.8) is 0 Å². The molecule has 0 saturated carbocycles. The smallest absolute Gasteiger partial charge is 0.271 e. The average molecular weight is 305 g/mol. The van der Waals surface area contributed by atoms with E-state index in [-0.39, 0.29) is 5.69 Å². The quantitative estimate of drug-likeness (QED) is 0.626. The number of hydrogen-bond acceptors (Lipinski definition) is 3. The van der Waals surface area contributed by atoms with Gasteiger partial charge in [0.1, 0.15) is 0 Å². The molecule has 0 atom stereocenters. The number of rotatable bonds is 5. The van der Waals surface area contributed by atoms with Gasteiger partial charge in [0.15, 0.2) is 0 Å². The molecule has 110 valence electrons. The first-order valence-corrected chi connectivity index (χ1v) is 7.12. The van der Waals surface area contributed by atoms with Crippen molar-refractivity contribution in [3.05, 3.63) is 68.7 Å². The highest BCUT2D eigenvalue weighted by molar-refractivity contribution is 6.33. The van der Waals surface area contributed by atoms with Crippen molar-refractivity contribution in [3.8, 4) is 0 Å². The zero-order valence-electron chi connectivity index (χ0n) is 12.0. The van der Waals surface area contributed by atoms with E-state index in [1.54, 1.807) is 6.07 Å². The van der Waals surface area contributed by atoms with E-state index in [1.807, 2.05) is 0 Å². The van der Waals surface area contributed by atoms with Crippen LogP contribution in [0.3, 0.4) is 0 Å². The van der Waals surface area contributed by atoms with Gasteiger partial charge in [-0.05, 0) is 23.1 Å². The molecule has 0 aromatic heterocycles. The lowest BCUT2D eigenvalue weighted by Gasteiger charge is -2.10. The van der Waals surface area contributed by atoms with Gasteiger partial charge in [0.25, 0.3) is 5.69 Å². The molecule has 0 heterocycles.